The van der Waals surface area contributed by atoms with E-state index >= 15 is 0 Å². The number of oxazole rings is 1. The molecule has 3 nitrogen and oxygen atoms in total. The van der Waals surface area contributed by atoms with E-state index in [-0.39, 0.29) is 6.04 Å². The van der Waals surface area contributed by atoms with Crippen LogP contribution in [0, 0.1) is 0 Å². The molecule has 20 heavy (non-hydrogen) atoms. The third-order valence-corrected chi connectivity index (χ3v) is 4.00. The van der Waals surface area contributed by atoms with Crippen LogP contribution in [0.5, 0.6) is 0 Å². The van der Waals surface area contributed by atoms with Crippen molar-refractivity contribution in [2.75, 3.05) is 6.54 Å². The highest BCUT2D eigenvalue weighted by Crippen LogP contribution is 2.54. The van der Waals surface area contributed by atoms with Gasteiger partial charge in [0.15, 0.2) is 0 Å². The van der Waals surface area contributed by atoms with Crippen molar-refractivity contribution in [1.82, 2.24) is 10.3 Å². The number of rotatable bonds is 6. The van der Waals surface area contributed by atoms with Crippen LogP contribution in [0.25, 0.3) is 0 Å². The lowest BCUT2D eigenvalue weighted by Crippen LogP contribution is -2.19. The molecule has 0 aliphatic heterocycles. The van der Waals surface area contributed by atoms with Crippen LogP contribution in [-0.4, -0.2) is 11.5 Å². The lowest BCUT2D eigenvalue weighted by Gasteiger charge is -2.08. The highest BCUT2D eigenvalue weighted by atomic mass is 16.4. The van der Waals surface area contributed by atoms with E-state index in [1.807, 2.05) is 6.20 Å². The molecule has 106 valence electrons. The Kier molecular flexibility index (Phi) is 3.88. The average Bonchev–Trinajstić information content (AvgIpc) is 3.14. The van der Waals surface area contributed by atoms with Crippen LogP contribution in [0.15, 0.2) is 40.9 Å². The summed E-state index contributed by atoms with van der Waals surface area (Å²) in [6.45, 7) is 5.26. The Bertz CT molecular complexity index is 549. The van der Waals surface area contributed by atoms with Gasteiger partial charge < -0.3 is 9.73 Å². The Morgan fingerprint density at radius 2 is 2.10 bits per heavy atom. The maximum atomic E-state index is 5.94. The lowest BCUT2D eigenvalue weighted by molar-refractivity contribution is 0.394. The predicted molar refractivity (Wildman–Crippen MR) is 79.8 cm³/mol. The number of nitrogens with one attached hydrogen (secondary N) is 1. The van der Waals surface area contributed by atoms with Gasteiger partial charge in [0.25, 0.3) is 0 Å². The third kappa shape index (κ3) is 2.78. The van der Waals surface area contributed by atoms with Crippen molar-refractivity contribution in [3.63, 3.8) is 0 Å². The average molecular weight is 270 g/mol. The summed E-state index contributed by atoms with van der Waals surface area (Å²) in [5.41, 5.74) is 1.41. The molecule has 1 aromatic carbocycles. The minimum atomic E-state index is 0.192. The Morgan fingerprint density at radius 1 is 1.30 bits per heavy atom. The van der Waals surface area contributed by atoms with Crippen LogP contribution in [-0.2, 0) is 0 Å². The Hall–Kier alpha value is -1.61. The van der Waals surface area contributed by atoms with Crippen molar-refractivity contribution in [3.8, 4) is 0 Å². The van der Waals surface area contributed by atoms with Gasteiger partial charge in [0, 0.05) is 5.92 Å². The first kappa shape index (κ1) is 13.4. The predicted octanol–water partition coefficient (Wildman–Crippen LogP) is 4.01. The van der Waals surface area contributed by atoms with Gasteiger partial charge in [-0.15, -0.1) is 0 Å². The maximum Gasteiger partial charge on any atom is 0.211 e. The zero-order chi connectivity index (χ0) is 13.9. The summed E-state index contributed by atoms with van der Waals surface area (Å²) in [6, 6.07) is 10.9. The topological polar surface area (TPSA) is 38.1 Å². The van der Waals surface area contributed by atoms with Crippen LogP contribution in [0.2, 0.25) is 0 Å². The summed E-state index contributed by atoms with van der Waals surface area (Å²) in [4.78, 5) is 4.43. The van der Waals surface area contributed by atoms with E-state index in [1.165, 1.54) is 12.0 Å². The van der Waals surface area contributed by atoms with E-state index in [0.29, 0.717) is 11.8 Å². The molecule has 1 fully saturated rings. The summed E-state index contributed by atoms with van der Waals surface area (Å²) in [6.07, 6.45) is 4.21. The van der Waals surface area contributed by atoms with E-state index < -0.39 is 0 Å². The maximum absolute atomic E-state index is 5.94. The van der Waals surface area contributed by atoms with E-state index in [9.17, 15) is 0 Å². The molecule has 1 aliphatic rings. The summed E-state index contributed by atoms with van der Waals surface area (Å²) >= 11 is 0. The van der Waals surface area contributed by atoms with Gasteiger partial charge in [-0.2, -0.15) is 0 Å². The van der Waals surface area contributed by atoms with Crippen molar-refractivity contribution in [2.24, 2.45) is 0 Å². The highest BCUT2D eigenvalue weighted by Gasteiger charge is 2.42. The number of hydrogen-bond donors (Lipinski definition) is 1. The molecule has 3 atom stereocenters. The highest BCUT2D eigenvalue weighted by molar-refractivity contribution is 5.31. The van der Waals surface area contributed by atoms with Gasteiger partial charge in [0.2, 0.25) is 5.89 Å². The molecule has 3 rings (SSSR count). The first-order chi connectivity index (χ1) is 9.79. The second kappa shape index (κ2) is 5.80. The minimum absolute atomic E-state index is 0.192. The molecule has 2 aromatic rings. The first-order valence-electron chi connectivity index (χ1n) is 7.53. The second-order valence-corrected chi connectivity index (χ2v) is 5.64. The molecule has 0 radical (unpaired) electrons. The van der Waals surface area contributed by atoms with Gasteiger partial charge in [-0.05, 0) is 37.8 Å². The number of aromatic nitrogens is 1. The van der Waals surface area contributed by atoms with Crippen LogP contribution in [0.3, 0.4) is 0 Å². The molecule has 0 spiro atoms. The molecule has 0 amide bonds. The van der Waals surface area contributed by atoms with Crippen LogP contribution in [0.1, 0.15) is 61.8 Å². The summed E-state index contributed by atoms with van der Waals surface area (Å²) in [5.74, 6) is 2.97. The molecular weight excluding hydrogens is 248 g/mol. The Morgan fingerprint density at radius 3 is 2.85 bits per heavy atom. The smallest absolute Gasteiger partial charge is 0.211 e. The molecule has 0 bridgehead atoms. The van der Waals surface area contributed by atoms with Gasteiger partial charge in [0.1, 0.15) is 5.76 Å². The minimum Gasteiger partial charge on any atom is -0.444 e. The van der Waals surface area contributed by atoms with Crippen molar-refractivity contribution < 1.29 is 4.42 Å². The molecule has 3 unspecified atom stereocenters. The fourth-order valence-corrected chi connectivity index (χ4v) is 2.70. The summed E-state index contributed by atoms with van der Waals surface area (Å²) < 4.78 is 5.94. The van der Waals surface area contributed by atoms with Gasteiger partial charge >= 0.3 is 0 Å². The second-order valence-electron chi connectivity index (χ2n) is 5.64. The summed E-state index contributed by atoms with van der Waals surface area (Å²) in [5, 5.41) is 3.41. The van der Waals surface area contributed by atoms with Gasteiger partial charge in [-0.1, -0.05) is 37.3 Å². The third-order valence-electron chi connectivity index (χ3n) is 4.00. The molecule has 1 heterocycles. The number of hydrogen-bond acceptors (Lipinski definition) is 3. The largest absolute Gasteiger partial charge is 0.444 e. The van der Waals surface area contributed by atoms with Crippen molar-refractivity contribution in [3.05, 3.63) is 53.7 Å². The SMILES string of the molecule is CCCNC(C)c1ncc(C2CC2c2ccccc2)o1. The van der Waals surface area contributed by atoms with Crippen molar-refractivity contribution >= 4 is 0 Å². The normalized spacial score (nSPS) is 22.7. The van der Waals surface area contributed by atoms with Crippen LogP contribution >= 0.6 is 0 Å². The molecule has 3 heteroatoms. The summed E-state index contributed by atoms with van der Waals surface area (Å²) in [7, 11) is 0. The Labute approximate surface area is 120 Å². The molecule has 1 saturated carbocycles. The van der Waals surface area contributed by atoms with E-state index in [0.717, 1.165) is 24.6 Å². The first-order valence-corrected chi connectivity index (χ1v) is 7.53. The van der Waals surface area contributed by atoms with Gasteiger partial charge in [0.05, 0.1) is 12.2 Å². The van der Waals surface area contributed by atoms with Crippen molar-refractivity contribution in [1.29, 1.82) is 0 Å². The molecule has 1 N–H and O–H groups in total. The molecular formula is C17H22N2O. The van der Waals surface area contributed by atoms with E-state index in [1.54, 1.807) is 0 Å². The van der Waals surface area contributed by atoms with Gasteiger partial charge in [-0.25, -0.2) is 4.98 Å². The molecule has 1 aromatic heterocycles. The number of nitrogens with zero attached hydrogens (tertiary/aromatic N) is 1. The lowest BCUT2D eigenvalue weighted by atomic mass is 10.1. The monoisotopic (exact) mass is 270 g/mol. The van der Waals surface area contributed by atoms with Crippen LogP contribution < -0.4 is 5.32 Å². The standard InChI is InChI=1S/C17H22N2O/c1-3-9-18-12(2)17-19-11-16(20-17)15-10-14(15)13-7-5-4-6-8-13/h4-8,11-12,14-15,18H,3,9-10H2,1-2H3. The molecule has 1 aliphatic carbocycles. The number of benzene rings is 1. The van der Waals surface area contributed by atoms with Crippen molar-refractivity contribution in [2.45, 2.75) is 44.6 Å². The fourth-order valence-electron chi connectivity index (χ4n) is 2.70. The van der Waals surface area contributed by atoms with Gasteiger partial charge in [-0.3, -0.25) is 0 Å². The molecule has 0 saturated heterocycles. The quantitative estimate of drug-likeness (QED) is 0.862. The zero-order valence-electron chi connectivity index (χ0n) is 12.2. The van der Waals surface area contributed by atoms with E-state index in [4.69, 9.17) is 4.42 Å². The van der Waals surface area contributed by atoms with E-state index in [2.05, 4.69) is 54.5 Å². The Balaban J connectivity index is 1.64. The fraction of sp³-hybridized carbons (Fsp3) is 0.471. The van der Waals surface area contributed by atoms with Crippen LogP contribution in [0.4, 0.5) is 0 Å². The zero-order valence-corrected chi connectivity index (χ0v) is 12.2.